The van der Waals surface area contributed by atoms with Crippen molar-refractivity contribution >= 4 is 11.8 Å². The first kappa shape index (κ1) is 13.0. The third kappa shape index (κ3) is 4.04. The Labute approximate surface area is 111 Å². The molecular weight excluding hydrogens is 242 g/mol. The van der Waals surface area contributed by atoms with Crippen LogP contribution in [0, 0.1) is 0 Å². The Morgan fingerprint density at radius 1 is 1.26 bits per heavy atom. The SMILES string of the molecule is NCc1cccc(CNC(=O)Nc2cnccn2)c1. The predicted molar refractivity (Wildman–Crippen MR) is 72.2 cm³/mol. The van der Waals surface area contributed by atoms with Crippen LogP contribution >= 0.6 is 0 Å². The Balaban J connectivity index is 1.86. The lowest BCUT2D eigenvalue weighted by Gasteiger charge is -2.07. The van der Waals surface area contributed by atoms with Gasteiger partial charge in [0.2, 0.25) is 0 Å². The van der Waals surface area contributed by atoms with E-state index >= 15 is 0 Å². The lowest BCUT2D eigenvalue weighted by Crippen LogP contribution is -2.28. The molecule has 0 aliphatic carbocycles. The van der Waals surface area contributed by atoms with E-state index in [1.54, 1.807) is 6.20 Å². The van der Waals surface area contributed by atoms with E-state index < -0.39 is 0 Å². The van der Waals surface area contributed by atoms with E-state index in [0.717, 1.165) is 11.1 Å². The number of nitrogens with one attached hydrogen (secondary N) is 2. The first-order valence-electron chi connectivity index (χ1n) is 5.86. The Kier molecular flexibility index (Phi) is 4.41. The van der Waals surface area contributed by atoms with E-state index in [1.807, 2.05) is 24.3 Å². The number of carbonyl (C=O) groups excluding carboxylic acids is 1. The highest BCUT2D eigenvalue weighted by molar-refractivity contribution is 5.87. The minimum Gasteiger partial charge on any atom is -0.334 e. The van der Waals surface area contributed by atoms with E-state index in [-0.39, 0.29) is 6.03 Å². The number of anilines is 1. The third-order valence-electron chi connectivity index (χ3n) is 2.48. The molecule has 6 nitrogen and oxygen atoms in total. The lowest BCUT2D eigenvalue weighted by molar-refractivity contribution is 0.251. The minimum atomic E-state index is -0.321. The minimum absolute atomic E-state index is 0.321. The first-order chi connectivity index (χ1) is 9.28. The smallest absolute Gasteiger partial charge is 0.320 e. The Morgan fingerprint density at radius 3 is 2.84 bits per heavy atom. The molecule has 2 rings (SSSR count). The Bertz CT molecular complexity index is 544. The van der Waals surface area contributed by atoms with Gasteiger partial charge in [-0.05, 0) is 11.1 Å². The van der Waals surface area contributed by atoms with Crippen molar-refractivity contribution in [3.63, 3.8) is 0 Å². The largest absolute Gasteiger partial charge is 0.334 e. The van der Waals surface area contributed by atoms with Crippen LogP contribution in [0.25, 0.3) is 0 Å². The van der Waals surface area contributed by atoms with Crippen molar-refractivity contribution < 1.29 is 4.79 Å². The molecule has 1 aromatic heterocycles. The molecular formula is C13H15N5O. The number of carbonyl (C=O) groups is 1. The summed E-state index contributed by atoms with van der Waals surface area (Å²) in [6, 6.07) is 7.44. The highest BCUT2D eigenvalue weighted by Gasteiger charge is 2.02. The van der Waals surface area contributed by atoms with Gasteiger partial charge in [-0.3, -0.25) is 10.3 Å². The number of nitrogens with two attached hydrogens (primary N) is 1. The van der Waals surface area contributed by atoms with E-state index in [9.17, 15) is 4.79 Å². The second kappa shape index (κ2) is 6.46. The number of hydrogen-bond acceptors (Lipinski definition) is 4. The van der Waals surface area contributed by atoms with Gasteiger partial charge in [-0.15, -0.1) is 0 Å². The Morgan fingerprint density at radius 2 is 2.11 bits per heavy atom. The van der Waals surface area contributed by atoms with Crippen LogP contribution in [0.5, 0.6) is 0 Å². The predicted octanol–water partition coefficient (Wildman–Crippen LogP) is 1.26. The molecule has 0 saturated heterocycles. The maximum atomic E-state index is 11.6. The van der Waals surface area contributed by atoms with Crippen molar-refractivity contribution in [2.75, 3.05) is 5.32 Å². The van der Waals surface area contributed by atoms with Crippen LogP contribution in [0.2, 0.25) is 0 Å². The molecule has 0 aliphatic rings. The van der Waals surface area contributed by atoms with Gasteiger partial charge in [0, 0.05) is 25.5 Å². The quantitative estimate of drug-likeness (QED) is 0.768. The third-order valence-corrected chi connectivity index (χ3v) is 2.48. The normalized spacial score (nSPS) is 9.95. The highest BCUT2D eigenvalue weighted by Crippen LogP contribution is 2.04. The molecule has 19 heavy (non-hydrogen) atoms. The number of amides is 2. The molecule has 6 heteroatoms. The van der Waals surface area contributed by atoms with Gasteiger partial charge in [-0.1, -0.05) is 24.3 Å². The second-order valence-electron chi connectivity index (χ2n) is 3.92. The zero-order valence-corrected chi connectivity index (χ0v) is 10.3. The fraction of sp³-hybridized carbons (Fsp3) is 0.154. The molecule has 1 aromatic carbocycles. The van der Waals surface area contributed by atoms with E-state index in [1.165, 1.54) is 12.4 Å². The Hall–Kier alpha value is -2.47. The van der Waals surface area contributed by atoms with Gasteiger partial charge >= 0.3 is 6.03 Å². The van der Waals surface area contributed by atoms with Crippen molar-refractivity contribution in [2.45, 2.75) is 13.1 Å². The molecule has 1 heterocycles. The molecule has 0 aliphatic heterocycles. The summed E-state index contributed by atoms with van der Waals surface area (Å²) in [5.41, 5.74) is 7.60. The number of nitrogens with zero attached hydrogens (tertiary/aromatic N) is 2. The molecule has 0 unspecified atom stereocenters. The van der Waals surface area contributed by atoms with Crippen molar-refractivity contribution in [3.8, 4) is 0 Å². The van der Waals surface area contributed by atoms with Gasteiger partial charge in [0.1, 0.15) is 0 Å². The maximum absolute atomic E-state index is 11.6. The van der Waals surface area contributed by atoms with Crippen LogP contribution in [-0.4, -0.2) is 16.0 Å². The fourth-order valence-corrected chi connectivity index (χ4v) is 1.57. The summed E-state index contributed by atoms with van der Waals surface area (Å²) in [7, 11) is 0. The number of urea groups is 1. The topological polar surface area (TPSA) is 92.9 Å². The van der Waals surface area contributed by atoms with Crippen LogP contribution < -0.4 is 16.4 Å². The summed E-state index contributed by atoms with van der Waals surface area (Å²) < 4.78 is 0. The molecule has 0 spiro atoms. The highest BCUT2D eigenvalue weighted by atomic mass is 16.2. The van der Waals surface area contributed by atoms with Gasteiger partial charge in [0.15, 0.2) is 5.82 Å². The van der Waals surface area contributed by atoms with Crippen LogP contribution in [0.3, 0.4) is 0 Å². The molecule has 0 atom stereocenters. The van der Waals surface area contributed by atoms with E-state index in [0.29, 0.717) is 18.9 Å². The van der Waals surface area contributed by atoms with Gasteiger partial charge in [0.25, 0.3) is 0 Å². The summed E-state index contributed by atoms with van der Waals surface area (Å²) in [6.07, 6.45) is 4.54. The zero-order chi connectivity index (χ0) is 13.5. The average Bonchev–Trinajstić information content (AvgIpc) is 2.46. The van der Waals surface area contributed by atoms with E-state index in [2.05, 4.69) is 20.6 Å². The summed E-state index contributed by atoms with van der Waals surface area (Å²) in [5.74, 6) is 0.413. The number of hydrogen-bond donors (Lipinski definition) is 3. The number of rotatable bonds is 4. The standard InChI is InChI=1S/C13H15N5O/c14-7-10-2-1-3-11(6-10)8-17-13(19)18-12-9-15-4-5-16-12/h1-6,9H,7-8,14H2,(H2,16,17,18,19). The lowest BCUT2D eigenvalue weighted by atomic mass is 10.1. The van der Waals surface area contributed by atoms with Crippen LogP contribution in [0.4, 0.5) is 10.6 Å². The van der Waals surface area contributed by atoms with Crippen LogP contribution in [0.1, 0.15) is 11.1 Å². The molecule has 2 amide bonds. The molecule has 0 radical (unpaired) electrons. The average molecular weight is 257 g/mol. The molecule has 0 saturated carbocycles. The fourth-order valence-electron chi connectivity index (χ4n) is 1.57. The summed E-state index contributed by atoms with van der Waals surface area (Å²) in [4.78, 5) is 19.4. The van der Waals surface area contributed by atoms with Crippen molar-refractivity contribution in [3.05, 3.63) is 54.0 Å². The van der Waals surface area contributed by atoms with Crippen LogP contribution in [0.15, 0.2) is 42.9 Å². The van der Waals surface area contributed by atoms with Crippen LogP contribution in [-0.2, 0) is 13.1 Å². The van der Waals surface area contributed by atoms with Crippen molar-refractivity contribution in [2.24, 2.45) is 5.73 Å². The maximum Gasteiger partial charge on any atom is 0.320 e. The summed E-state index contributed by atoms with van der Waals surface area (Å²) >= 11 is 0. The molecule has 4 N–H and O–H groups in total. The molecule has 2 aromatic rings. The van der Waals surface area contributed by atoms with E-state index in [4.69, 9.17) is 5.73 Å². The monoisotopic (exact) mass is 257 g/mol. The molecule has 0 fully saturated rings. The van der Waals surface area contributed by atoms with Gasteiger partial charge < -0.3 is 11.1 Å². The first-order valence-corrected chi connectivity index (χ1v) is 5.86. The summed E-state index contributed by atoms with van der Waals surface area (Å²) in [5, 5.41) is 5.33. The summed E-state index contributed by atoms with van der Waals surface area (Å²) in [6.45, 7) is 0.916. The number of aromatic nitrogens is 2. The van der Waals surface area contributed by atoms with Crippen molar-refractivity contribution in [1.29, 1.82) is 0 Å². The number of benzene rings is 1. The molecule has 0 bridgehead atoms. The van der Waals surface area contributed by atoms with Gasteiger partial charge in [-0.25, -0.2) is 9.78 Å². The zero-order valence-electron chi connectivity index (χ0n) is 10.3. The van der Waals surface area contributed by atoms with Gasteiger partial charge in [0.05, 0.1) is 6.20 Å². The van der Waals surface area contributed by atoms with Gasteiger partial charge in [-0.2, -0.15) is 0 Å². The second-order valence-corrected chi connectivity index (χ2v) is 3.92. The molecule has 98 valence electrons. The van der Waals surface area contributed by atoms with Crippen molar-refractivity contribution in [1.82, 2.24) is 15.3 Å².